The summed E-state index contributed by atoms with van der Waals surface area (Å²) >= 11 is 0. The molecule has 0 heterocycles. The molecule has 0 N–H and O–H groups in total. The van der Waals surface area contributed by atoms with Crippen LogP contribution < -0.4 is 4.74 Å². The summed E-state index contributed by atoms with van der Waals surface area (Å²) in [6, 6.07) is 12.1. The van der Waals surface area contributed by atoms with Crippen molar-refractivity contribution in [1.82, 2.24) is 0 Å². The number of rotatable bonds is 6. The van der Waals surface area contributed by atoms with Crippen molar-refractivity contribution in [3.63, 3.8) is 0 Å². The first-order valence-corrected chi connectivity index (χ1v) is 5.83. The maximum Gasteiger partial charge on any atom is 0.128 e. The summed E-state index contributed by atoms with van der Waals surface area (Å²) in [4.78, 5) is 0. The molecule has 0 aromatic heterocycles. The molecule has 92 valence electrons. The summed E-state index contributed by atoms with van der Waals surface area (Å²) in [7, 11) is 0. The van der Waals surface area contributed by atoms with Crippen LogP contribution in [0, 0.1) is 0 Å². The van der Waals surface area contributed by atoms with Gasteiger partial charge in [-0.25, -0.2) is 0 Å². The third-order valence-electron chi connectivity index (χ3n) is 2.67. The number of ether oxygens (including phenoxy) is 2. The van der Waals surface area contributed by atoms with E-state index in [9.17, 15) is 0 Å². The Hall–Kier alpha value is -2.22. The molecule has 2 aromatic rings. The van der Waals surface area contributed by atoms with Crippen LogP contribution in [0.2, 0.25) is 0 Å². The predicted molar refractivity (Wildman–Crippen MR) is 74.6 cm³/mol. The van der Waals surface area contributed by atoms with E-state index in [0.29, 0.717) is 13.2 Å². The summed E-state index contributed by atoms with van der Waals surface area (Å²) < 4.78 is 11.0. The minimum atomic E-state index is 0.495. The zero-order valence-corrected chi connectivity index (χ0v) is 10.3. The van der Waals surface area contributed by atoms with Crippen molar-refractivity contribution in [3.05, 3.63) is 67.5 Å². The smallest absolute Gasteiger partial charge is 0.128 e. The van der Waals surface area contributed by atoms with Crippen molar-refractivity contribution in [1.29, 1.82) is 0 Å². The van der Waals surface area contributed by atoms with Crippen LogP contribution in [0.15, 0.2) is 61.9 Å². The normalized spacial score (nSPS) is 10.0. The maximum atomic E-state index is 5.69. The van der Waals surface area contributed by atoms with E-state index in [1.165, 1.54) is 6.26 Å². The Labute approximate surface area is 107 Å². The molecule has 0 saturated heterocycles. The van der Waals surface area contributed by atoms with E-state index in [2.05, 4.69) is 25.3 Å². The lowest BCUT2D eigenvalue weighted by molar-refractivity contribution is 0.238. The molecule has 0 atom stereocenters. The lowest BCUT2D eigenvalue weighted by Crippen LogP contribution is -1.96. The SMILES string of the molecule is C=CCOc1cccc2cccc(COC=C)c12. The average Bonchev–Trinajstić information content (AvgIpc) is 2.42. The number of hydrogen-bond donors (Lipinski definition) is 0. The molecule has 2 rings (SSSR count). The lowest BCUT2D eigenvalue weighted by atomic mass is 10.0. The predicted octanol–water partition coefficient (Wildman–Crippen LogP) is 4.06. The monoisotopic (exact) mass is 240 g/mol. The highest BCUT2D eigenvalue weighted by Crippen LogP contribution is 2.29. The van der Waals surface area contributed by atoms with Crippen LogP contribution in [0.1, 0.15) is 5.56 Å². The molecule has 0 amide bonds. The largest absolute Gasteiger partial charge is 0.497 e. The van der Waals surface area contributed by atoms with Gasteiger partial charge in [-0.3, -0.25) is 0 Å². The van der Waals surface area contributed by atoms with Crippen LogP contribution in [-0.2, 0) is 11.3 Å². The minimum Gasteiger partial charge on any atom is -0.497 e. The molecule has 0 saturated carbocycles. The van der Waals surface area contributed by atoms with Crippen LogP contribution in [0.4, 0.5) is 0 Å². The van der Waals surface area contributed by atoms with Crippen LogP contribution in [0.25, 0.3) is 10.8 Å². The van der Waals surface area contributed by atoms with Gasteiger partial charge >= 0.3 is 0 Å². The first-order valence-electron chi connectivity index (χ1n) is 5.83. The van der Waals surface area contributed by atoms with Gasteiger partial charge in [-0.2, -0.15) is 0 Å². The van der Waals surface area contributed by atoms with Crippen molar-refractivity contribution in [2.75, 3.05) is 6.61 Å². The van der Waals surface area contributed by atoms with Crippen LogP contribution in [-0.4, -0.2) is 6.61 Å². The van der Waals surface area contributed by atoms with Gasteiger partial charge in [0.1, 0.15) is 19.0 Å². The third-order valence-corrected chi connectivity index (χ3v) is 2.67. The van der Waals surface area contributed by atoms with E-state index >= 15 is 0 Å². The van der Waals surface area contributed by atoms with Crippen LogP contribution in [0.3, 0.4) is 0 Å². The molecule has 0 unspecified atom stereocenters. The summed E-state index contributed by atoms with van der Waals surface area (Å²) in [5.41, 5.74) is 1.09. The van der Waals surface area contributed by atoms with Gasteiger partial charge in [0.25, 0.3) is 0 Å². The highest BCUT2D eigenvalue weighted by molar-refractivity contribution is 5.91. The third kappa shape index (κ3) is 2.54. The Morgan fingerprint density at radius 1 is 1.06 bits per heavy atom. The number of hydrogen-bond acceptors (Lipinski definition) is 2. The molecule has 0 aliphatic rings. The molecule has 0 fully saturated rings. The summed E-state index contributed by atoms with van der Waals surface area (Å²) in [6.45, 7) is 8.22. The van der Waals surface area contributed by atoms with Gasteiger partial charge in [0.2, 0.25) is 0 Å². The summed E-state index contributed by atoms with van der Waals surface area (Å²) in [5, 5.41) is 2.23. The number of benzene rings is 2. The van der Waals surface area contributed by atoms with Crippen LogP contribution in [0.5, 0.6) is 5.75 Å². The van der Waals surface area contributed by atoms with E-state index in [1.807, 2.05) is 24.3 Å². The fourth-order valence-corrected chi connectivity index (χ4v) is 1.92. The van der Waals surface area contributed by atoms with Gasteiger partial charge < -0.3 is 9.47 Å². The molecule has 0 aliphatic carbocycles. The second-order valence-corrected chi connectivity index (χ2v) is 3.85. The Bertz CT molecular complexity index is 511. The maximum absolute atomic E-state index is 5.69. The van der Waals surface area contributed by atoms with Gasteiger partial charge in [-0.15, -0.1) is 0 Å². The van der Waals surface area contributed by atoms with Crippen molar-refractivity contribution >= 4 is 10.8 Å². The standard InChI is InChI=1S/C16H16O2/c1-3-11-18-15-10-6-8-13-7-5-9-14(16(13)15)12-17-4-2/h3-10H,1-2,11-12H2. The minimum absolute atomic E-state index is 0.495. The average molecular weight is 240 g/mol. The molecule has 0 aliphatic heterocycles. The topological polar surface area (TPSA) is 18.5 Å². The quantitative estimate of drug-likeness (QED) is 0.560. The van der Waals surface area contributed by atoms with Gasteiger partial charge in [0, 0.05) is 10.9 Å². The molecule has 18 heavy (non-hydrogen) atoms. The van der Waals surface area contributed by atoms with E-state index in [4.69, 9.17) is 9.47 Å². The van der Waals surface area contributed by atoms with Gasteiger partial charge in [0.05, 0.1) is 6.26 Å². The molecule has 0 spiro atoms. The second kappa shape index (κ2) is 5.92. The zero-order chi connectivity index (χ0) is 12.8. The molecular formula is C16H16O2. The van der Waals surface area contributed by atoms with E-state index in [0.717, 1.165) is 22.1 Å². The summed E-state index contributed by atoms with van der Waals surface area (Å²) in [5.74, 6) is 0.857. The molecular weight excluding hydrogens is 224 g/mol. The van der Waals surface area contributed by atoms with Gasteiger partial charge in [0.15, 0.2) is 0 Å². The highest BCUT2D eigenvalue weighted by atomic mass is 16.5. The molecule has 0 bridgehead atoms. The lowest BCUT2D eigenvalue weighted by Gasteiger charge is -2.11. The Balaban J connectivity index is 2.48. The first-order chi connectivity index (χ1) is 8.86. The zero-order valence-electron chi connectivity index (χ0n) is 10.3. The molecule has 2 nitrogen and oxygen atoms in total. The highest BCUT2D eigenvalue weighted by Gasteiger charge is 2.06. The van der Waals surface area contributed by atoms with Crippen molar-refractivity contribution in [2.24, 2.45) is 0 Å². The van der Waals surface area contributed by atoms with Crippen LogP contribution >= 0.6 is 0 Å². The summed E-state index contributed by atoms with van der Waals surface area (Å²) in [6.07, 6.45) is 3.19. The van der Waals surface area contributed by atoms with Crippen molar-refractivity contribution in [3.8, 4) is 5.75 Å². The van der Waals surface area contributed by atoms with E-state index in [1.54, 1.807) is 6.08 Å². The van der Waals surface area contributed by atoms with Crippen molar-refractivity contribution in [2.45, 2.75) is 6.61 Å². The van der Waals surface area contributed by atoms with Gasteiger partial charge in [-0.05, 0) is 11.5 Å². The van der Waals surface area contributed by atoms with E-state index in [-0.39, 0.29) is 0 Å². The Morgan fingerprint density at radius 2 is 1.83 bits per heavy atom. The molecule has 0 radical (unpaired) electrons. The molecule has 2 aromatic carbocycles. The Kier molecular flexibility index (Phi) is 4.02. The second-order valence-electron chi connectivity index (χ2n) is 3.85. The number of fused-ring (bicyclic) bond motifs is 1. The van der Waals surface area contributed by atoms with E-state index < -0.39 is 0 Å². The fourth-order valence-electron chi connectivity index (χ4n) is 1.92. The molecule has 2 heteroatoms. The fraction of sp³-hybridized carbons (Fsp3) is 0.125. The Morgan fingerprint density at radius 3 is 2.56 bits per heavy atom. The van der Waals surface area contributed by atoms with Gasteiger partial charge in [-0.1, -0.05) is 49.6 Å². The first kappa shape index (κ1) is 12.2. The van der Waals surface area contributed by atoms with Crippen molar-refractivity contribution < 1.29 is 9.47 Å².